The molecule has 4 heteroatoms. The fraction of sp³-hybridized carbons (Fsp3) is 0.667. The van der Waals surface area contributed by atoms with E-state index in [0.717, 1.165) is 12.3 Å². The second kappa shape index (κ2) is 5.14. The van der Waals surface area contributed by atoms with E-state index < -0.39 is 0 Å². The Kier molecular flexibility index (Phi) is 3.59. The van der Waals surface area contributed by atoms with Crippen LogP contribution in [0.2, 0.25) is 0 Å². The number of anilines is 1. The van der Waals surface area contributed by atoms with Crippen molar-refractivity contribution in [2.24, 2.45) is 5.92 Å². The van der Waals surface area contributed by atoms with Gasteiger partial charge < -0.3 is 10.1 Å². The van der Waals surface area contributed by atoms with Crippen LogP contribution in [-0.4, -0.2) is 22.6 Å². The van der Waals surface area contributed by atoms with Gasteiger partial charge in [0, 0.05) is 18.3 Å². The molecule has 1 fully saturated rings. The number of rotatable bonds is 5. The molecule has 0 amide bonds. The highest BCUT2D eigenvalue weighted by atomic mass is 16.5. The van der Waals surface area contributed by atoms with Crippen LogP contribution in [0.15, 0.2) is 12.3 Å². The molecule has 1 heterocycles. The topological polar surface area (TPSA) is 47.0 Å². The minimum Gasteiger partial charge on any atom is -0.478 e. The third-order valence-corrected chi connectivity index (χ3v) is 2.79. The van der Waals surface area contributed by atoms with E-state index in [9.17, 15) is 0 Å². The summed E-state index contributed by atoms with van der Waals surface area (Å²) in [7, 11) is 0. The van der Waals surface area contributed by atoms with Gasteiger partial charge in [-0.15, -0.1) is 0 Å². The lowest BCUT2D eigenvalue weighted by Crippen LogP contribution is -2.34. The summed E-state index contributed by atoms with van der Waals surface area (Å²) >= 11 is 0. The summed E-state index contributed by atoms with van der Waals surface area (Å²) in [4.78, 5) is 8.50. The lowest BCUT2D eigenvalue weighted by molar-refractivity contribution is 0.300. The molecule has 1 aromatic heterocycles. The Bertz CT molecular complexity index is 337. The lowest BCUT2D eigenvalue weighted by atomic mass is 9.82. The van der Waals surface area contributed by atoms with Crippen LogP contribution in [0.4, 0.5) is 5.95 Å². The first-order valence-electron chi connectivity index (χ1n) is 6.00. The summed E-state index contributed by atoms with van der Waals surface area (Å²) in [6.45, 7) is 5.05. The normalized spacial score (nSPS) is 23.6. The van der Waals surface area contributed by atoms with Crippen LogP contribution in [0.3, 0.4) is 0 Å². The van der Waals surface area contributed by atoms with E-state index in [2.05, 4.69) is 29.1 Å². The van der Waals surface area contributed by atoms with Gasteiger partial charge in [0.2, 0.25) is 11.8 Å². The molecule has 0 saturated heterocycles. The van der Waals surface area contributed by atoms with Gasteiger partial charge in [-0.3, -0.25) is 0 Å². The van der Waals surface area contributed by atoms with Crippen LogP contribution >= 0.6 is 0 Å². The van der Waals surface area contributed by atoms with E-state index in [0.29, 0.717) is 24.5 Å². The van der Waals surface area contributed by atoms with Crippen molar-refractivity contribution in [1.29, 1.82) is 0 Å². The Morgan fingerprint density at radius 3 is 3.00 bits per heavy atom. The third kappa shape index (κ3) is 2.84. The molecule has 0 spiro atoms. The predicted octanol–water partition coefficient (Wildman–Crippen LogP) is 2.48. The molecule has 1 aromatic rings. The molecule has 0 unspecified atom stereocenters. The summed E-state index contributed by atoms with van der Waals surface area (Å²) in [5, 5.41) is 3.32. The molecular weight excluding hydrogens is 202 g/mol. The zero-order valence-corrected chi connectivity index (χ0v) is 9.94. The van der Waals surface area contributed by atoms with Crippen LogP contribution in [0.5, 0.6) is 5.88 Å². The first kappa shape index (κ1) is 11.2. The second-order valence-corrected chi connectivity index (χ2v) is 4.48. The molecule has 88 valence electrons. The number of nitrogens with one attached hydrogen (secondary N) is 1. The predicted molar refractivity (Wildman–Crippen MR) is 63.6 cm³/mol. The van der Waals surface area contributed by atoms with Crippen molar-refractivity contribution in [2.75, 3.05) is 11.9 Å². The molecule has 2 rings (SSSR count). The summed E-state index contributed by atoms with van der Waals surface area (Å²) in [6.07, 6.45) is 5.15. The van der Waals surface area contributed by atoms with Gasteiger partial charge in [-0.25, -0.2) is 4.98 Å². The average molecular weight is 221 g/mol. The lowest BCUT2D eigenvalue weighted by Gasteiger charge is -2.33. The van der Waals surface area contributed by atoms with Crippen molar-refractivity contribution in [3.8, 4) is 5.88 Å². The summed E-state index contributed by atoms with van der Waals surface area (Å²) < 4.78 is 5.46. The average Bonchev–Trinajstić information content (AvgIpc) is 2.25. The molecule has 16 heavy (non-hydrogen) atoms. The van der Waals surface area contributed by atoms with Crippen molar-refractivity contribution in [1.82, 2.24) is 9.97 Å². The standard InChI is InChI=1S/C12H19N3O/c1-3-6-16-11-4-5-13-12(15-11)14-10-7-9(2)8-10/h4-5,9-10H,3,6-8H2,1-2H3,(H,13,14,15). The van der Waals surface area contributed by atoms with Gasteiger partial charge in [-0.1, -0.05) is 13.8 Å². The van der Waals surface area contributed by atoms with Crippen molar-refractivity contribution >= 4 is 5.95 Å². The first-order valence-corrected chi connectivity index (χ1v) is 6.00. The maximum absolute atomic E-state index is 5.46. The molecule has 4 nitrogen and oxygen atoms in total. The van der Waals surface area contributed by atoms with Crippen LogP contribution in [0.1, 0.15) is 33.1 Å². The van der Waals surface area contributed by atoms with Crippen molar-refractivity contribution in [2.45, 2.75) is 39.2 Å². The second-order valence-electron chi connectivity index (χ2n) is 4.48. The van der Waals surface area contributed by atoms with Gasteiger partial charge in [0.1, 0.15) is 0 Å². The Labute approximate surface area is 96.4 Å². The number of aromatic nitrogens is 2. The van der Waals surface area contributed by atoms with Gasteiger partial charge in [-0.2, -0.15) is 4.98 Å². The minimum atomic E-state index is 0.538. The molecule has 1 N–H and O–H groups in total. The van der Waals surface area contributed by atoms with Gasteiger partial charge in [0.15, 0.2) is 0 Å². The van der Waals surface area contributed by atoms with Crippen LogP contribution in [0, 0.1) is 5.92 Å². The van der Waals surface area contributed by atoms with E-state index >= 15 is 0 Å². The van der Waals surface area contributed by atoms with Gasteiger partial charge in [0.05, 0.1) is 6.61 Å². The highest BCUT2D eigenvalue weighted by Crippen LogP contribution is 2.28. The first-order chi connectivity index (χ1) is 7.78. The Morgan fingerprint density at radius 2 is 2.31 bits per heavy atom. The summed E-state index contributed by atoms with van der Waals surface area (Å²) in [5.41, 5.74) is 0. The maximum Gasteiger partial charge on any atom is 0.226 e. The monoisotopic (exact) mass is 221 g/mol. The summed E-state index contributed by atoms with van der Waals surface area (Å²) in [6, 6.07) is 2.33. The largest absolute Gasteiger partial charge is 0.478 e. The molecule has 1 aliphatic rings. The number of ether oxygens (including phenoxy) is 1. The van der Waals surface area contributed by atoms with Crippen molar-refractivity contribution in [3.63, 3.8) is 0 Å². The molecular formula is C12H19N3O. The summed E-state index contributed by atoms with van der Waals surface area (Å²) in [5.74, 6) is 2.18. The van der Waals surface area contributed by atoms with Gasteiger partial charge >= 0.3 is 0 Å². The van der Waals surface area contributed by atoms with Crippen molar-refractivity contribution in [3.05, 3.63) is 12.3 Å². The van der Waals surface area contributed by atoms with Crippen LogP contribution in [-0.2, 0) is 0 Å². The van der Waals surface area contributed by atoms with E-state index in [4.69, 9.17) is 4.74 Å². The minimum absolute atomic E-state index is 0.538. The fourth-order valence-corrected chi connectivity index (χ4v) is 1.90. The Balaban J connectivity index is 1.88. The van der Waals surface area contributed by atoms with Gasteiger partial charge in [-0.05, 0) is 25.2 Å². The SMILES string of the molecule is CCCOc1ccnc(NC2CC(C)C2)n1. The molecule has 0 aliphatic heterocycles. The zero-order chi connectivity index (χ0) is 11.4. The van der Waals surface area contributed by atoms with E-state index in [1.54, 1.807) is 12.3 Å². The number of nitrogens with zero attached hydrogens (tertiary/aromatic N) is 2. The van der Waals surface area contributed by atoms with Gasteiger partial charge in [0.25, 0.3) is 0 Å². The van der Waals surface area contributed by atoms with Crippen molar-refractivity contribution < 1.29 is 4.74 Å². The third-order valence-electron chi connectivity index (χ3n) is 2.79. The highest BCUT2D eigenvalue weighted by Gasteiger charge is 2.25. The maximum atomic E-state index is 5.46. The molecule has 1 saturated carbocycles. The van der Waals surface area contributed by atoms with E-state index in [-0.39, 0.29) is 0 Å². The Hall–Kier alpha value is -1.32. The van der Waals surface area contributed by atoms with E-state index in [1.807, 2.05) is 0 Å². The zero-order valence-electron chi connectivity index (χ0n) is 9.94. The molecule has 0 atom stereocenters. The molecule has 0 aromatic carbocycles. The quantitative estimate of drug-likeness (QED) is 0.829. The smallest absolute Gasteiger partial charge is 0.226 e. The fourth-order valence-electron chi connectivity index (χ4n) is 1.90. The molecule has 0 radical (unpaired) electrons. The highest BCUT2D eigenvalue weighted by molar-refractivity contribution is 5.29. The number of hydrogen-bond donors (Lipinski definition) is 1. The molecule has 1 aliphatic carbocycles. The van der Waals surface area contributed by atoms with Crippen LogP contribution < -0.4 is 10.1 Å². The van der Waals surface area contributed by atoms with E-state index in [1.165, 1.54) is 12.8 Å². The number of hydrogen-bond acceptors (Lipinski definition) is 4. The van der Waals surface area contributed by atoms with Crippen LogP contribution in [0.25, 0.3) is 0 Å². The Morgan fingerprint density at radius 1 is 1.50 bits per heavy atom. The molecule has 0 bridgehead atoms.